The van der Waals surface area contributed by atoms with Crippen molar-refractivity contribution in [2.75, 3.05) is 0 Å². The maximum atomic E-state index is 12.7. The van der Waals surface area contributed by atoms with Crippen molar-refractivity contribution in [1.29, 1.82) is 0 Å². The van der Waals surface area contributed by atoms with E-state index < -0.39 is 16.8 Å². The topological polar surface area (TPSA) is 66.4 Å². The minimum absolute atomic E-state index is 0.00334. The Labute approximate surface area is 161 Å². The third-order valence-corrected chi connectivity index (χ3v) is 7.05. The Balaban J connectivity index is 5.02. The third-order valence-electron chi connectivity index (χ3n) is 7.05. The van der Waals surface area contributed by atoms with Gasteiger partial charge in [0, 0.05) is 12.5 Å². The SMILES string of the molecule is CC(C)C(C)(C)CC(C)(C)C(C)NC(=O)CC(C)(C)C(C)(C)CC(=O)O. The van der Waals surface area contributed by atoms with Gasteiger partial charge in [0.25, 0.3) is 0 Å². The molecule has 0 saturated carbocycles. The van der Waals surface area contributed by atoms with Gasteiger partial charge in [0.2, 0.25) is 5.91 Å². The lowest BCUT2D eigenvalue weighted by molar-refractivity contribution is -0.142. The molecule has 0 aromatic rings. The number of hydrogen-bond donors (Lipinski definition) is 2. The molecule has 0 aromatic carbocycles. The smallest absolute Gasteiger partial charge is 0.303 e. The summed E-state index contributed by atoms with van der Waals surface area (Å²) in [5, 5.41) is 12.3. The summed E-state index contributed by atoms with van der Waals surface area (Å²) in [6.45, 7) is 23.4. The van der Waals surface area contributed by atoms with Crippen LogP contribution in [0.1, 0.15) is 95.4 Å². The van der Waals surface area contributed by atoms with Gasteiger partial charge in [-0.15, -0.1) is 0 Å². The summed E-state index contributed by atoms with van der Waals surface area (Å²) < 4.78 is 0. The molecule has 0 spiro atoms. The van der Waals surface area contributed by atoms with Crippen LogP contribution in [0.15, 0.2) is 0 Å². The van der Waals surface area contributed by atoms with E-state index in [1.807, 2.05) is 27.7 Å². The number of amides is 1. The average Bonchev–Trinajstić information content (AvgIpc) is 2.34. The highest BCUT2D eigenvalue weighted by molar-refractivity contribution is 5.77. The van der Waals surface area contributed by atoms with E-state index in [4.69, 9.17) is 5.11 Å². The van der Waals surface area contributed by atoms with Crippen molar-refractivity contribution in [2.24, 2.45) is 27.6 Å². The van der Waals surface area contributed by atoms with Crippen molar-refractivity contribution in [3.05, 3.63) is 0 Å². The van der Waals surface area contributed by atoms with Crippen molar-refractivity contribution in [2.45, 2.75) is 101 Å². The molecule has 2 N–H and O–H groups in total. The summed E-state index contributed by atoms with van der Waals surface area (Å²) in [7, 11) is 0. The lowest BCUT2D eigenvalue weighted by Crippen LogP contribution is -2.47. The van der Waals surface area contributed by atoms with Crippen LogP contribution in [0.5, 0.6) is 0 Å². The van der Waals surface area contributed by atoms with Gasteiger partial charge in [0.05, 0.1) is 6.42 Å². The van der Waals surface area contributed by atoms with Crippen LogP contribution in [-0.4, -0.2) is 23.0 Å². The lowest BCUT2D eigenvalue weighted by Gasteiger charge is -2.43. The number of rotatable bonds is 10. The normalized spacial score (nSPS) is 15.1. The molecule has 0 aliphatic rings. The number of carboxylic acid groups (broad SMARTS) is 1. The van der Waals surface area contributed by atoms with Gasteiger partial charge in [-0.1, -0.05) is 69.2 Å². The third kappa shape index (κ3) is 6.92. The highest BCUT2D eigenvalue weighted by atomic mass is 16.4. The molecule has 0 fully saturated rings. The number of hydrogen-bond acceptors (Lipinski definition) is 2. The molecule has 0 bridgehead atoms. The molecule has 26 heavy (non-hydrogen) atoms. The molecular formula is C22H43NO3. The van der Waals surface area contributed by atoms with E-state index in [0.717, 1.165) is 6.42 Å². The van der Waals surface area contributed by atoms with Crippen LogP contribution in [0.3, 0.4) is 0 Å². The van der Waals surface area contributed by atoms with Crippen molar-refractivity contribution in [3.8, 4) is 0 Å². The zero-order valence-electron chi connectivity index (χ0n) is 19.0. The number of carbonyl (C=O) groups excluding carboxylic acids is 1. The van der Waals surface area contributed by atoms with Gasteiger partial charge in [-0.2, -0.15) is 0 Å². The molecule has 0 aliphatic heterocycles. The maximum absolute atomic E-state index is 12.7. The maximum Gasteiger partial charge on any atom is 0.303 e. The highest BCUT2D eigenvalue weighted by Gasteiger charge is 2.41. The fourth-order valence-electron chi connectivity index (χ4n) is 3.28. The van der Waals surface area contributed by atoms with E-state index in [1.54, 1.807) is 0 Å². The molecule has 4 heteroatoms. The second-order valence-corrected chi connectivity index (χ2v) is 11.1. The number of aliphatic carboxylic acids is 1. The molecular weight excluding hydrogens is 326 g/mol. The van der Waals surface area contributed by atoms with E-state index in [9.17, 15) is 9.59 Å². The molecule has 1 amide bonds. The standard InChI is InChI=1S/C22H43NO3/c1-15(2)19(4,5)14-20(6,7)16(3)23-17(24)12-21(8,9)22(10,11)13-18(25)26/h15-16H,12-14H2,1-11H3,(H,23,24)(H,25,26). The van der Waals surface area contributed by atoms with Crippen LogP contribution in [0.4, 0.5) is 0 Å². The van der Waals surface area contributed by atoms with Crippen molar-refractivity contribution >= 4 is 11.9 Å². The number of carbonyl (C=O) groups is 2. The van der Waals surface area contributed by atoms with Crippen LogP contribution in [0, 0.1) is 27.6 Å². The molecule has 1 atom stereocenters. The van der Waals surface area contributed by atoms with E-state index >= 15 is 0 Å². The minimum Gasteiger partial charge on any atom is -0.481 e. The Morgan fingerprint density at radius 3 is 1.62 bits per heavy atom. The van der Waals surface area contributed by atoms with E-state index in [2.05, 4.69) is 53.8 Å². The summed E-state index contributed by atoms with van der Waals surface area (Å²) >= 11 is 0. The largest absolute Gasteiger partial charge is 0.481 e. The molecule has 4 nitrogen and oxygen atoms in total. The summed E-state index contributed by atoms with van der Waals surface area (Å²) in [5.74, 6) is -0.259. The van der Waals surface area contributed by atoms with E-state index in [1.165, 1.54) is 0 Å². The van der Waals surface area contributed by atoms with Crippen LogP contribution in [0.2, 0.25) is 0 Å². The predicted octanol–water partition coefficient (Wildman–Crippen LogP) is 5.51. The van der Waals surface area contributed by atoms with E-state index in [0.29, 0.717) is 12.3 Å². The van der Waals surface area contributed by atoms with Crippen LogP contribution in [0.25, 0.3) is 0 Å². The fraction of sp³-hybridized carbons (Fsp3) is 0.909. The van der Waals surface area contributed by atoms with Crippen LogP contribution < -0.4 is 5.32 Å². The molecule has 0 saturated heterocycles. The Morgan fingerprint density at radius 2 is 1.23 bits per heavy atom. The Morgan fingerprint density at radius 1 is 0.808 bits per heavy atom. The Bertz CT molecular complexity index is 502. The molecule has 0 rings (SSSR count). The van der Waals surface area contributed by atoms with E-state index in [-0.39, 0.29) is 29.2 Å². The Kier molecular flexibility index (Phi) is 7.97. The van der Waals surface area contributed by atoms with Gasteiger partial charge in [-0.25, -0.2) is 0 Å². The molecule has 0 radical (unpaired) electrons. The zero-order valence-corrected chi connectivity index (χ0v) is 19.0. The van der Waals surface area contributed by atoms with Gasteiger partial charge >= 0.3 is 5.97 Å². The molecule has 0 aromatic heterocycles. The van der Waals surface area contributed by atoms with Crippen molar-refractivity contribution in [3.63, 3.8) is 0 Å². The van der Waals surface area contributed by atoms with Crippen molar-refractivity contribution < 1.29 is 14.7 Å². The second-order valence-electron chi connectivity index (χ2n) is 11.1. The quantitative estimate of drug-likeness (QED) is 0.534. The molecule has 154 valence electrons. The minimum atomic E-state index is -0.825. The predicted molar refractivity (Wildman–Crippen MR) is 109 cm³/mol. The monoisotopic (exact) mass is 369 g/mol. The summed E-state index contributed by atoms with van der Waals surface area (Å²) in [4.78, 5) is 23.8. The summed E-state index contributed by atoms with van der Waals surface area (Å²) in [6.07, 6.45) is 1.39. The van der Waals surface area contributed by atoms with Crippen molar-refractivity contribution in [1.82, 2.24) is 5.32 Å². The zero-order chi connectivity index (χ0) is 21.1. The first-order valence-corrected chi connectivity index (χ1v) is 9.85. The van der Waals surface area contributed by atoms with Crippen LogP contribution >= 0.6 is 0 Å². The van der Waals surface area contributed by atoms with Gasteiger partial charge < -0.3 is 10.4 Å². The molecule has 0 aliphatic carbocycles. The highest BCUT2D eigenvalue weighted by Crippen LogP contribution is 2.44. The molecule has 0 heterocycles. The van der Waals surface area contributed by atoms with Gasteiger partial charge in [0.1, 0.15) is 0 Å². The number of nitrogens with one attached hydrogen (secondary N) is 1. The van der Waals surface area contributed by atoms with Gasteiger partial charge in [0.15, 0.2) is 0 Å². The first-order valence-electron chi connectivity index (χ1n) is 9.85. The summed E-state index contributed by atoms with van der Waals surface area (Å²) in [5.41, 5.74) is -0.694. The first-order chi connectivity index (χ1) is 11.3. The van der Waals surface area contributed by atoms with Gasteiger partial charge in [-0.05, 0) is 40.9 Å². The van der Waals surface area contributed by atoms with Crippen LogP contribution in [-0.2, 0) is 9.59 Å². The summed E-state index contributed by atoms with van der Waals surface area (Å²) in [6, 6.07) is 0.0476. The Hall–Kier alpha value is -1.06. The lowest BCUT2D eigenvalue weighted by atomic mass is 9.64. The average molecular weight is 370 g/mol. The molecule has 1 unspecified atom stereocenters. The fourth-order valence-corrected chi connectivity index (χ4v) is 3.28. The second kappa shape index (κ2) is 8.31. The van der Waals surface area contributed by atoms with Gasteiger partial charge in [-0.3, -0.25) is 9.59 Å². The number of carboxylic acids is 1. The first kappa shape index (κ1) is 24.9.